The van der Waals surface area contributed by atoms with Gasteiger partial charge in [-0.3, -0.25) is 4.79 Å². The first-order chi connectivity index (χ1) is 9.92. The molecule has 0 saturated carbocycles. The van der Waals surface area contributed by atoms with E-state index in [1.165, 1.54) is 5.56 Å². The molecule has 0 spiro atoms. The average molecular weight is 304 g/mol. The van der Waals surface area contributed by atoms with E-state index in [1.54, 1.807) is 25.3 Å². The van der Waals surface area contributed by atoms with Crippen LogP contribution in [0.25, 0.3) is 0 Å². The first-order valence-corrected chi connectivity index (χ1v) is 7.03. The minimum Gasteiger partial charge on any atom is -0.495 e. The van der Waals surface area contributed by atoms with Crippen molar-refractivity contribution in [1.29, 1.82) is 0 Å². The summed E-state index contributed by atoms with van der Waals surface area (Å²) in [5, 5.41) is 3.37. The molecular weight excluding hydrogens is 286 g/mol. The standard InChI is InChI=1S/C17H18ClNO2/c1-10-7-11(2)16(12(3)8-10)19-17(20)13-5-6-15(21-4)14(18)9-13/h5-9H,1-4H3,(H,19,20). The first-order valence-electron chi connectivity index (χ1n) is 6.65. The number of benzene rings is 2. The molecule has 2 aromatic rings. The Labute approximate surface area is 129 Å². The molecular formula is C17H18ClNO2. The quantitative estimate of drug-likeness (QED) is 0.905. The second-order valence-electron chi connectivity index (χ2n) is 5.08. The van der Waals surface area contributed by atoms with E-state index >= 15 is 0 Å². The zero-order chi connectivity index (χ0) is 15.6. The number of amides is 1. The molecule has 3 nitrogen and oxygen atoms in total. The summed E-state index contributed by atoms with van der Waals surface area (Å²) in [7, 11) is 1.54. The number of carbonyl (C=O) groups is 1. The van der Waals surface area contributed by atoms with Crippen molar-refractivity contribution in [3.63, 3.8) is 0 Å². The lowest BCUT2D eigenvalue weighted by Crippen LogP contribution is -2.14. The number of ether oxygens (including phenoxy) is 1. The van der Waals surface area contributed by atoms with Gasteiger partial charge in [-0.25, -0.2) is 0 Å². The highest BCUT2D eigenvalue weighted by Gasteiger charge is 2.12. The zero-order valence-electron chi connectivity index (χ0n) is 12.6. The Hall–Kier alpha value is -2.00. The number of hydrogen-bond acceptors (Lipinski definition) is 2. The SMILES string of the molecule is COc1ccc(C(=O)Nc2c(C)cc(C)cc2C)cc1Cl. The number of carbonyl (C=O) groups excluding carboxylic acids is 1. The molecule has 4 heteroatoms. The number of hydrogen-bond donors (Lipinski definition) is 1. The number of anilines is 1. The van der Waals surface area contributed by atoms with Gasteiger partial charge in [0.05, 0.1) is 12.1 Å². The summed E-state index contributed by atoms with van der Waals surface area (Å²) in [5.41, 5.74) is 4.61. The van der Waals surface area contributed by atoms with Gasteiger partial charge in [-0.1, -0.05) is 29.3 Å². The van der Waals surface area contributed by atoms with E-state index in [1.807, 2.05) is 32.9 Å². The van der Waals surface area contributed by atoms with E-state index in [-0.39, 0.29) is 5.91 Å². The fraction of sp³-hybridized carbons (Fsp3) is 0.235. The van der Waals surface area contributed by atoms with Crippen LogP contribution in [-0.2, 0) is 0 Å². The molecule has 0 heterocycles. The molecule has 1 N–H and O–H groups in total. The summed E-state index contributed by atoms with van der Waals surface area (Å²) in [6.45, 7) is 6.00. The van der Waals surface area contributed by atoms with Crippen LogP contribution in [0.2, 0.25) is 5.02 Å². The third-order valence-corrected chi connectivity index (χ3v) is 3.62. The van der Waals surface area contributed by atoms with Gasteiger partial charge in [0, 0.05) is 11.3 Å². The maximum Gasteiger partial charge on any atom is 0.255 e. The highest BCUT2D eigenvalue weighted by molar-refractivity contribution is 6.32. The molecule has 1 amide bonds. The zero-order valence-corrected chi connectivity index (χ0v) is 13.3. The van der Waals surface area contributed by atoms with Crippen LogP contribution in [0.15, 0.2) is 30.3 Å². The number of nitrogens with one attached hydrogen (secondary N) is 1. The van der Waals surface area contributed by atoms with Crippen LogP contribution in [0.5, 0.6) is 5.75 Å². The summed E-state index contributed by atoms with van der Waals surface area (Å²) in [6.07, 6.45) is 0. The minimum absolute atomic E-state index is 0.186. The Morgan fingerprint density at radius 2 is 1.71 bits per heavy atom. The molecule has 0 atom stereocenters. The van der Waals surface area contributed by atoms with Crippen LogP contribution in [0.4, 0.5) is 5.69 Å². The first kappa shape index (κ1) is 15.4. The van der Waals surface area contributed by atoms with Crippen LogP contribution in [-0.4, -0.2) is 13.0 Å². The fourth-order valence-corrected chi connectivity index (χ4v) is 2.63. The molecule has 0 fully saturated rings. The van der Waals surface area contributed by atoms with Gasteiger partial charge in [0.15, 0.2) is 0 Å². The predicted molar refractivity (Wildman–Crippen MR) is 86.6 cm³/mol. The number of methoxy groups -OCH3 is 1. The summed E-state index contributed by atoms with van der Waals surface area (Å²) in [6, 6.07) is 9.08. The Kier molecular flexibility index (Phi) is 4.53. The van der Waals surface area contributed by atoms with Crippen LogP contribution in [0.3, 0.4) is 0 Å². The van der Waals surface area contributed by atoms with E-state index in [0.717, 1.165) is 16.8 Å². The number of halogens is 1. The number of aryl methyl sites for hydroxylation is 3. The van der Waals surface area contributed by atoms with Crippen molar-refractivity contribution in [2.75, 3.05) is 12.4 Å². The third kappa shape index (κ3) is 3.37. The highest BCUT2D eigenvalue weighted by Crippen LogP contribution is 2.26. The Balaban J connectivity index is 2.28. The van der Waals surface area contributed by atoms with Crippen molar-refractivity contribution in [3.05, 3.63) is 57.6 Å². The molecule has 2 aromatic carbocycles. The van der Waals surface area contributed by atoms with Crippen LogP contribution < -0.4 is 10.1 Å². The van der Waals surface area contributed by atoms with Gasteiger partial charge in [0.25, 0.3) is 5.91 Å². The van der Waals surface area contributed by atoms with Crippen molar-refractivity contribution in [2.24, 2.45) is 0 Å². The summed E-state index contributed by atoms with van der Waals surface area (Å²) < 4.78 is 5.09. The summed E-state index contributed by atoms with van der Waals surface area (Å²) in [5.74, 6) is 0.366. The third-order valence-electron chi connectivity index (χ3n) is 3.33. The lowest BCUT2D eigenvalue weighted by molar-refractivity contribution is 0.102. The molecule has 0 aliphatic heterocycles. The van der Waals surface area contributed by atoms with E-state index < -0.39 is 0 Å². The van der Waals surface area contributed by atoms with Gasteiger partial charge < -0.3 is 10.1 Å². The van der Waals surface area contributed by atoms with E-state index in [9.17, 15) is 4.79 Å². The van der Waals surface area contributed by atoms with Gasteiger partial charge in [0.1, 0.15) is 5.75 Å². The summed E-state index contributed by atoms with van der Waals surface area (Å²) in [4.78, 5) is 12.3. The molecule has 0 aliphatic carbocycles. The van der Waals surface area contributed by atoms with Gasteiger partial charge in [-0.2, -0.15) is 0 Å². The molecule has 21 heavy (non-hydrogen) atoms. The average Bonchev–Trinajstić information content (AvgIpc) is 2.42. The lowest BCUT2D eigenvalue weighted by atomic mass is 10.0. The normalized spacial score (nSPS) is 10.3. The monoisotopic (exact) mass is 303 g/mol. The topological polar surface area (TPSA) is 38.3 Å². The molecule has 2 rings (SSSR count). The van der Waals surface area contributed by atoms with Gasteiger partial charge >= 0.3 is 0 Å². The van der Waals surface area contributed by atoms with Gasteiger partial charge in [0.2, 0.25) is 0 Å². The van der Waals surface area contributed by atoms with Crippen molar-refractivity contribution in [1.82, 2.24) is 0 Å². The molecule has 0 saturated heterocycles. The molecule has 110 valence electrons. The smallest absolute Gasteiger partial charge is 0.255 e. The molecule has 0 aliphatic rings. The fourth-order valence-electron chi connectivity index (χ4n) is 2.37. The maximum absolute atomic E-state index is 12.3. The second kappa shape index (κ2) is 6.19. The maximum atomic E-state index is 12.3. The second-order valence-corrected chi connectivity index (χ2v) is 5.48. The van der Waals surface area contributed by atoms with Crippen molar-refractivity contribution < 1.29 is 9.53 Å². The highest BCUT2D eigenvalue weighted by atomic mass is 35.5. The Bertz CT molecular complexity index is 672. The minimum atomic E-state index is -0.186. The molecule has 0 bridgehead atoms. The van der Waals surface area contributed by atoms with Crippen molar-refractivity contribution in [2.45, 2.75) is 20.8 Å². The largest absolute Gasteiger partial charge is 0.495 e. The van der Waals surface area contributed by atoms with E-state index in [4.69, 9.17) is 16.3 Å². The molecule has 0 unspecified atom stereocenters. The lowest BCUT2D eigenvalue weighted by Gasteiger charge is -2.13. The Morgan fingerprint density at radius 1 is 1.10 bits per heavy atom. The molecule has 0 radical (unpaired) electrons. The van der Waals surface area contributed by atoms with Gasteiger partial charge in [-0.15, -0.1) is 0 Å². The van der Waals surface area contributed by atoms with Crippen LogP contribution >= 0.6 is 11.6 Å². The van der Waals surface area contributed by atoms with Gasteiger partial charge in [-0.05, 0) is 50.1 Å². The van der Waals surface area contributed by atoms with Crippen molar-refractivity contribution in [3.8, 4) is 5.75 Å². The van der Waals surface area contributed by atoms with Crippen molar-refractivity contribution >= 4 is 23.2 Å². The predicted octanol–water partition coefficient (Wildman–Crippen LogP) is 4.53. The van der Waals surface area contributed by atoms with Crippen LogP contribution in [0, 0.1) is 20.8 Å². The van der Waals surface area contributed by atoms with Crippen LogP contribution in [0.1, 0.15) is 27.0 Å². The van der Waals surface area contributed by atoms with E-state index in [0.29, 0.717) is 16.3 Å². The number of rotatable bonds is 3. The molecule has 0 aromatic heterocycles. The van der Waals surface area contributed by atoms with E-state index in [2.05, 4.69) is 5.32 Å². The summed E-state index contributed by atoms with van der Waals surface area (Å²) >= 11 is 6.05. The Morgan fingerprint density at radius 3 is 2.24 bits per heavy atom.